The van der Waals surface area contributed by atoms with Crippen molar-refractivity contribution in [3.63, 3.8) is 0 Å². The molecule has 0 saturated heterocycles. The molecule has 0 heterocycles. The van der Waals surface area contributed by atoms with Gasteiger partial charge in [-0.25, -0.2) is 4.79 Å². The molecule has 1 aromatic rings. The Bertz CT molecular complexity index is 365. The van der Waals surface area contributed by atoms with E-state index in [1.807, 2.05) is 18.2 Å². The Balaban J connectivity index is 0. The van der Waals surface area contributed by atoms with Crippen molar-refractivity contribution in [3.8, 4) is 5.75 Å². The summed E-state index contributed by atoms with van der Waals surface area (Å²) in [6.45, 7) is 2.25. The van der Waals surface area contributed by atoms with Crippen LogP contribution in [0, 0.1) is 0 Å². The quantitative estimate of drug-likeness (QED) is 0.500. The molecule has 0 amide bonds. The number of carboxylic acid groups (broad SMARTS) is 2. The maximum absolute atomic E-state index is 9.58. The van der Waals surface area contributed by atoms with Crippen LogP contribution in [0.1, 0.15) is 57.4 Å². The van der Waals surface area contributed by atoms with Crippen LogP contribution in [0.15, 0.2) is 24.3 Å². The van der Waals surface area contributed by atoms with E-state index in [-0.39, 0.29) is 6.15 Å². The summed E-state index contributed by atoms with van der Waals surface area (Å²) in [6.07, 6.45) is 8.45. The van der Waals surface area contributed by atoms with Crippen LogP contribution in [0.4, 0.5) is 4.79 Å². The van der Waals surface area contributed by atoms with E-state index in [0.717, 1.165) is 12.0 Å². The van der Waals surface area contributed by atoms with Crippen LogP contribution >= 0.6 is 0 Å². The highest BCUT2D eigenvalue weighted by molar-refractivity contribution is 5.53. The Morgan fingerprint density at radius 1 is 0.952 bits per heavy atom. The lowest BCUT2D eigenvalue weighted by Crippen LogP contribution is -1.87. The second-order valence-corrected chi connectivity index (χ2v) is 4.78. The van der Waals surface area contributed by atoms with Crippen LogP contribution in [-0.2, 0) is 6.42 Å². The molecule has 0 saturated carbocycles. The molecular weight excluding hydrogens is 270 g/mol. The molecule has 0 spiro atoms. The lowest BCUT2D eigenvalue weighted by atomic mass is 10.0. The van der Waals surface area contributed by atoms with Gasteiger partial charge in [0.15, 0.2) is 0 Å². The van der Waals surface area contributed by atoms with E-state index < -0.39 is 6.16 Å². The Morgan fingerprint density at radius 2 is 1.43 bits per heavy atom. The summed E-state index contributed by atoms with van der Waals surface area (Å²) >= 11 is 0. The number of aryl methyl sites for hydroxylation is 1. The summed E-state index contributed by atoms with van der Waals surface area (Å²) in [5.74, 6) is 0.452. The van der Waals surface area contributed by atoms with Gasteiger partial charge in [0.05, 0.1) is 0 Å². The molecule has 1 rings (SSSR count). The summed E-state index contributed by atoms with van der Waals surface area (Å²) in [4.78, 5) is 8.56. The van der Waals surface area contributed by atoms with Gasteiger partial charge in [-0.3, -0.25) is 0 Å². The molecule has 0 aromatic heterocycles. The monoisotopic (exact) mass is 299 g/mol. The van der Waals surface area contributed by atoms with Crippen molar-refractivity contribution in [1.29, 1.82) is 0 Å². The standard InChI is InChI=1S/C15H24O.CH2O3.H3N/c1-2-3-4-5-6-7-8-11-14-12-9-10-13-15(14)16;2-1(3)4;/h9-10,12-13,16H,2-8,11H2,1H3;(H2,2,3,4);1H3. The molecule has 6 N–H and O–H groups in total. The minimum atomic E-state index is -1.83. The maximum atomic E-state index is 9.58. The Labute approximate surface area is 127 Å². The van der Waals surface area contributed by atoms with Gasteiger partial charge < -0.3 is 21.5 Å². The zero-order valence-electron chi connectivity index (χ0n) is 12.9. The van der Waals surface area contributed by atoms with E-state index in [1.165, 1.54) is 44.9 Å². The zero-order chi connectivity index (χ0) is 15.2. The smallest absolute Gasteiger partial charge is 0.503 e. The SMILES string of the molecule is CCCCCCCCCc1ccccc1O.N.O=C(O)O. The van der Waals surface area contributed by atoms with E-state index in [9.17, 15) is 5.11 Å². The lowest BCUT2D eigenvalue weighted by molar-refractivity contribution is 0.137. The molecule has 0 radical (unpaired) electrons. The zero-order valence-corrected chi connectivity index (χ0v) is 12.9. The van der Waals surface area contributed by atoms with Crippen molar-refractivity contribution in [2.45, 2.75) is 58.3 Å². The number of aromatic hydroxyl groups is 1. The minimum absolute atomic E-state index is 0. The fraction of sp³-hybridized carbons (Fsp3) is 0.562. The molecule has 0 unspecified atom stereocenters. The summed E-state index contributed by atoms with van der Waals surface area (Å²) in [5.41, 5.74) is 1.09. The van der Waals surface area contributed by atoms with Crippen LogP contribution in [0.25, 0.3) is 0 Å². The fourth-order valence-electron chi connectivity index (χ4n) is 1.99. The first kappa shape index (κ1) is 21.5. The van der Waals surface area contributed by atoms with Gasteiger partial charge in [-0.15, -0.1) is 0 Å². The number of rotatable bonds is 8. The molecule has 0 fully saturated rings. The first-order valence-electron chi connectivity index (χ1n) is 7.26. The van der Waals surface area contributed by atoms with Gasteiger partial charge in [0, 0.05) is 0 Å². The number of benzene rings is 1. The van der Waals surface area contributed by atoms with Gasteiger partial charge in [-0.1, -0.05) is 63.6 Å². The number of hydrogen-bond acceptors (Lipinski definition) is 3. The van der Waals surface area contributed by atoms with Crippen LogP contribution in [-0.4, -0.2) is 21.5 Å². The minimum Gasteiger partial charge on any atom is -0.508 e. The van der Waals surface area contributed by atoms with Crippen LogP contribution < -0.4 is 6.15 Å². The number of phenolic OH excluding ortho intramolecular Hbond substituents is 1. The number of para-hydroxylation sites is 1. The molecule has 0 atom stereocenters. The normalized spacial score (nSPS) is 9.19. The first-order valence-corrected chi connectivity index (χ1v) is 7.26. The van der Waals surface area contributed by atoms with Gasteiger partial charge in [0.1, 0.15) is 5.75 Å². The lowest BCUT2D eigenvalue weighted by Gasteiger charge is -2.04. The molecule has 0 aliphatic heterocycles. The third-order valence-corrected chi connectivity index (χ3v) is 3.04. The Morgan fingerprint density at radius 3 is 1.95 bits per heavy atom. The van der Waals surface area contributed by atoms with E-state index in [1.54, 1.807) is 6.07 Å². The van der Waals surface area contributed by atoms with E-state index in [2.05, 4.69) is 6.92 Å². The van der Waals surface area contributed by atoms with Crippen molar-refractivity contribution in [3.05, 3.63) is 29.8 Å². The summed E-state index contributed by atoms with van der Waals surface area (Å²) in [5, 5.41) is 23.5. The van der Waals surface area contributed by atoms with Crippen molar-refractivity contribution < 1.29 is 20.1 Å². The third-order valence-electron chi connectivity index (χ3n) is 3.04. The molecule has 0 bridgehead atoms. The molecule has 21 heavy (non-hydrogen) atoms. The van der Waals surface area contributed by atoms with E-state index in [0.29, 0.717) is 5.75 Å². The number of carbonyl (C=O) groups is 1. The fourth-order valence-corrected chi connectivity index (χ4v) is 1.99. The second-order valence-electron chi connectivity index (χ2n) is 4.78. The average Bonchev–Trinajstić information content (AvgIpc) is 2.39. The van der Waals surface area contributed by atoms with Crippen molar-refractivity contribution in [2.75, 3.05) is 0 Å². The third kappa shape index (κ3) is 14.5. The van der Waals surface area contributed by atoms with E-state index >= 15 is 0 Å². The predicted octanol–water partition coefficient (Wildman–Crippen LogP) is 5.07. The second kappa shape index (κ2) is 14.7. The first-order chi connectivity index (χ1) is 9.57. The van der Waals surface area contributed by atoms with Gasteiger partial charge in [-0.05, 0) is 24.5 Å². The highest BCUT2D eigenvalue weighted by Crippen LogP contribution is 2.18. The number of phenols is 1. The molecular formula is C16H29NO4. The van der Waals surface area contributed by atoms with E-state index in [4.69, 9.17) is 15.0 Å². The van der Waals surface area contributed by atoms with Gasteiger partial charge >= 0.3 is 6.16 Å². The van der Waals surface area contributed by atoms with Crippen LogP contribution in [0.2, 0.25) is 0 Å². The van der Waals surface area contributed by atoms with Crippen LogP contribution in [0.3, 0.4) is 0 Å². The van der Waals surface area contributed by atoms with Crippen molar-refractivity contribution in [2.24, 2.45) is 0 Å². The van der Waals surface area contributed by atoms with Crippen LogP contribution in [0.5, 0.6) is 5.75 Å². The van der Waals surface area contributed by atoms with Gasteiger partial charge in [0.2, 0.25) is 0 Å². The topological polar surface area (TPSA) is 113 Å². The Hall–Kier alpha value is -1.75. The van der Waals surface area contributed by atoms with Gasteiger partial charge in [-0.2, -0.15) is 0 Å². The molecule has 5 nitrogen and oxygen atoms in total. The summed E-state index contributed by atoms with van der Waals surface area (Å²) < 4.78 is 0. The molecule has 0 aliphatic carbocycles. The highest BCUT2D eigenvalue weighted by Gasteiger charge is 1.98. The van der Waals surface area contributed by atoms with Crippen molar-refractivity contribution >= 4 is 6.16 Å². The average molecular weight is 299 g/mol. The number of unbranched alkanes of at least 4 members (excludes halogenated alkanes) is 6. The molecule has 122 valence electrons. The van der Waals surface area contributed by atoms with Crippen molar-refractivity contribution in [1.82, 2.24) is 6.15 Å². The Kier molecular flexibility index (Phi) is 15.0. The molecule has 1 aromatic carbocycles. The number of hydrogen-bond donors (Lipinski definition) is 4. The molecule has 5 heteroatoms. The van der Waals surface area contributed by atoms with Gasteiger partial charge in [0.25, 0.3) is 0 Å². The molecule has 0 aliphatic rings. The summed E-state index contributed by atoms with van der Waals surface area (Å²) in [7, 11) is 0. The maximum Gasteiger partial charge on any atom is 0.503 e. The largest absolute Gasteiger partial charge is 0.508 e. The summed E-state index contributed by atoms with van der Waals surface area (Å²) in [6, 6.07) is 7.67. The highest BCUT2D eigenvalue weighted by atomic mass is 16.6. The predicted molar refractivity (Wildman–Crippen MR) is 85.5 cm³/mol.